The number of halogens is 1. The van der Waals surface area contributed by atoms with Crippen LogP contribution in [0, 0.1) is 0 Å². The van der Waals surface area contributed by atoms with Crippen LogP contribution >= 0.6 is 15.9 Å². The molecular formula is C16H16BrNO2. The fourth-order valence-electron chi connectivity index (χ4n) is 2.90. The lowest BCUT2D eigenvalue weighted by Crippen LogP contribution is -2.21. The van der Waals surface area contributed by atoms with Crippen LogP contribution in [0.2, 0.25) is 0 Å². The van der Waals surface area contributed by atoms with E-state index in [9.17, 15) is 4.79 Å². The van der Waals surface area contributed by atoms with Crippen LogP contribution in [-0.2, 0) is 24.0 Å². The van der Waals surface area contributed by atoms with Gasteiger partial charge in [-0.15, -0.1) is 0 Å². The maximum atomic E-state index is 12.3. The maximum absolute atomic E-state index is 12.3. The van der Waals surface area contributed by atoms with Crippen molar-refractivity contribution in [2.24, 2.45) is 0 Å². The molecule has 4 heteroatoms. The van der Waals surface area contributed by atoms with Crippen LogP contribution in [-0.4, -0.2) is 18.7 Å². The highest BCUT2D eigenvalue weighted by Gasteiger charge is 2.23. The molecule has 20 heavy (non-hydrogen) atoms. The molecule has 1 heterocycles. The summed E-state index contributed by atoms with van der Waals surface area (Å²) >= 11 is 3.50. The normalized spacial score (nSPS) is 12.9. The molecule has 0 saturated heterocycles. The Morgan fingerprint density at radius 3 is 2.90 bits per heavy atom. The minimum atomic E-state index is -0.0237. The molecule has 1 aromatic heterocycles. The van der Waals surface area contributed by atoms with Crippen LogP contribution in [0.1, 0.15) is 16.7 Å². The molecule has 0 fully saturated rings. The van der Waals surface area contributed by atoms with E-state index in [4.69, 9.17) is 4.74 Å². The highest BCUT2D eigenvalue weighted by molar-refractivity contribution is 9.10. The standard InChI is InChI=1S/C16H16BrNO2/c1-20-9-8-13-14-11-5-3-2-4-10(11)6-7-12(14)15(17)18-16(13)19/h2-5H,6-9H2,1H3,(H,18,19). The topological polar surface area (TPSA) is 42.1 Å². The van der Waals surface area contributed by atoms with E-state index in [-0.39, 0.29) is 5.56 Å². The molecule has 0 bridgehead atoms. The van der Waals surface area contributed by atoms with E-state index in [0.29, 0.717) is 13.0 Å². The lowest BCUT2D eigenvalue weighted by Gasteiger charge is -2.23. The Hall–Kier alpha value is -1.39. The van der Waals surface area contributed by atoms with Gasteiger partial charge in [0.15, 0.2) is 0 Å². The van der Waals surface area contributed by atoms with Crippen LogP contribution in [0.25, 0.3) is 11.1 Å². The number of ether oxygens (including phenoxy) is 1. The fourth-order valence-corrected chi connectivity index (χ4v) is 3.48. The van der Waals surface area contributed by atoms with E-state index in [1.54, 1.807) is 7.11 Å². The predicted octanol–water partition coefficient (Wildman–Crippen LogP) is 3.09. The third-order valence-corrected chi connectivity index (χ3v) is 4.53. The fraction of sp³-hybridized carbons (Fsp3) is 0.312. The number of aryl methyl sites for hydroxylation is 1. The molecular weight excluding hydrogens is 318 g/mol. The Kier molecular flexibility index (Phi) is 3.76. The summed E-state index contributed by atoms with van der Waals surface area (Å²) in [6.45, 7) is 0.555. The van der Waals surface area contributed by atoms with Crippen LogP contribution in [0.3, 0.4) is 0 Å². The molecule has 0 aliphatic heterocycles. The Morgan fingerprint density at radius 1 is 1.30 bits per heavy atom. The van der Waals surface area contributed by atoms with Gasteiger partial charge in [-0.05, 0) is 51.0 Å². The number of fused-ring (bicyclic) bond motifs is 3. The van der Waals surface area contributed by atoms with E-state index >= 15 is 0 Å². The monoisotopic (exact) mass is 333 g/mol. The van der Waals surface area contributed by atoms with Crippen molar-refractivity contribution in [3.8, 4) is 11.1 Å². The molecule has 2 aromatic rings. The van der Waals surface area contributed by atoms with Gasteiger partial charge in [-0.2, -0.15) is 0 Å². The van der Waals surface area contributed by atoms with E-state index in [2.05, 4.69) is 39.1 Å². The van der Waals surface area contributed by atoms with Crippen LogP contribution in [0.5, 0.6) is 0 Å². The summed E-state index contributed by atoms with van der Waals surface area (Å²) in [6.07, 6.45) is 2.59. The Morgan fingerprint density at radius 2 is 2.10 bits per heavy atom. The first-order valence-corrected chi connectivity index (χ1v) is 7.52. The number of hydrogen-bond donors (Lipinski definition) is 1. The van der Waals surface area contributed by atoms with Gasteiger partial charge in [0, 0.05) is 19.1 Å². The molecule has 0 spiro atoms. The highest BCUT2D eigenvalue weighted by Crippen LogP contribution is 2.37. The van der Waals surface area contributed by atoms with Crippen molar-refractivity contribution in [3.63, 3.8) is 0 Å². The van der Waals surface area contributed by atoms with Crippen molar-refractivity contribution in [2.45, 2.75) is 19.3 Å². The summed E-state index contributed by atoms with van der Waals surface area (Å²) in [7, 11) is 1.66. The molecule has 0 atom stereocenters. The first kappa shape index (κ1) is 13.6. The molecule has 1 aliphatic rings. The number of rotatable bonds is 3. The average molecular weight is 334 g/mol. The smallest absolute Gasteiger partial charge is 0.252 e. The second-order valence-electron chi connectivity index (χ2n) is 5.00. The van der Waals surface area contributed by atoms with E-state index in [0.717, 1.165) is 28.6 Å². The number of benzene rings is 1. The third kappa shape index (κ3) is 2.23. The van der Waals surface area contributed by atoms with Gasteiger partial charge in [-0.25, -0.2) is 0 Å². The molecule has 1 aliphatic carbocycles. The van der Waals surface area contributed by atoms with Gasteiger partial charge in [-0.1, -0.05) is 24.3 Å². The number of aromatic nitrogens is 1. The molecule has 104 valence electrons. The van der Waals surface area contributed by atoms with E-state index in [1.807, 2.05) is 6.07 Å². The quantitative estimate of drug-likeness (QED) is 0.877. The highest BCUT2D eigenvalue weighted by atomic mass is 79.9. The molecule has 1 aromatic carbocycles. The largest absolute Gasteiger partial charge is 0.384 e. The molecule has 0 saturated carbocycles. The molecule has 1 N–H and O–H groups in total. The summed E-state index contributed by atoms with van der Waals surface area (Å²) in [5.74, 6) is 0. The van der Waals surface area contributed by atoms with Gasteiger partial charge >= 0.3 is 0 Å². The second kappa shape index (κ2) is 5.54. The van der Waals surface area contributed by atoms with Gasteiger partial charge in [0.1, 0.15) is 0 Å². The summed E-state index contributed by atoms with van der Waals surface area (Å²) in [5, 5.41) is 0. The molecule has 3 nitrogen and oxygen atoms in total. The number of H-pyrrole nitrogens is 1. The second-order valence-corrected chi connectivity index (χ2v) is 5.79. The summed E-state index contributed by atoms with van der Waals surface area (Å²) in [6, 6.07) is 8.34. The number of nitrogens with one attached hydrogen (secondary N) is 1. The maximum Gasteiger partial charge on any atom is 0.252 e. The average Bonchev–Trinajstić information content (AvgIpc) is 2.46. The zero-order chi connectivity index (χ0) is 14.1. The molecule has 0 amide bonds. The van der Waals surface area contributed by atoms with Crippen molar-refractivity contribution in [1.29, 1.82) is 0 Å². The molecule has 3 rings (SSSR count). The predicted molar refractivity (Wildman–Crippen MR) is 83.2 cm³/mol. The van der Waals surface area contributed by atoms with Crippen molar-refractivity contribution < 1.29 is 4.74 Å². The lowest BCUT2D eigenvalue weighted by molar-refractivity contribution is 0.202. The minimum Gasteiger partial charge on any atom is -0.384 e. The number of aromatic amines is 1. The van der Waals surface area contributed by atoms with Gasteiger partial charge in [0.05, 0.1) is 11.2 Å². The van der Waals surface area contributed by atoms with E-state index < -0.39 is 0 Å². The van der Waals surface area contributed by atoms with Crippen molar-refractivity contribution in [1.82, 2.24) is 4.98 Å². The van der Waals surface area contributed by atoms with Gasteiger partial charge in [0.25, 0.3) is 5.56 Å². The van der Waals surface area contributed by atoms with Crippen LogP contribution in [0.15, 0.2) is 33.7 Å². The molecule has 0 radical (unpaired) electrons. The van der Waals surface area contributed by atoms with Crippen LogP contribution in [0.4, 0.5) is 0 Å². The van der Waals surface area contributed by atoms with Crippen molar-refractivity contribution in [2.75, 3.05) is 13.7 Å². The Bertz CT molecular complexity index is 706. The third-order valence-electron chi connectivity index (χ3n) is 3.85. The van der Waals surface area contributed by atoms with E-state index in [1.165, 1.54) is 16.7 Å². The lowest BCUT2D eigenvalue weighted by atomic mass is 9.83. The van der Waals surface area contributed by atoms with Gasteiger partial charge < -0.3 is 9.72 Å². The van der Waals surface area contributed by atoms with Crippen molar-refractivity contribution in [3.05, 3.63) is 55.9 Å². The van der Waals surface area contributed by atoms with Gasteiger partial charge in [0.2, 0.25) is 0 Å². The zero-order valence-electron chi connectivity index (χ0n) is 11.3. The number of pyridine rings is 1. The summed E-state index contributed by atoms with van der Waals surface area (Å²) < 4.78 is 5.96. The van der Waals surface area contributed by atoms with Crippen LogP contribution < -0.4 is 5.56 Å². The Balaban J connectivity index is 2.26. The Labute approximate surface area is 126 Å². The summed E-state index contributed by atoms with van der Waals surface area (Å²) in [4.78, 5) is 15.2. The first-order chi connectivity index (χ1) is 9.72. The molecule has 0 unspecified atom stereocenters. The minimum absolute atomic E-state index is 0.0237. The number of hydrogen-bond acceptors (Lipinski definition) is 2. The summed E-state index contributed by atoms with van der Waals surface area (Å²) in [5.41, 5.74) is 5.61. The zero-order valence-corrected chi connectivity index (χ0v) is 12.9. The van der Waals surface area contributed by atoms with Crippen molar-refractivity contribution >= 4 is 15.9 Å². The van der Waals surface area contributed by atoms with Gasteiger partial charge in [-0.3, -0.25) is 4.79 Å². The number of methoxy groups -OCH3 is 1. The first-order valence-electron chi connectivity index (χ1n) is 6.73. The SMILES string of the molecule is COCCc1c2c(c(Br)[nH]c1=O)CCc1ccccc1-2.